The highest BCUT2D eigenvalue weighted by Gasteiger charge is 2.27. The maximum Gasteiger partial charge on any atom is 0.295 e. The van der Waals surface area contributed by atoms with Crippen LogP contribution in [0.15, 0.2) is 18.2 Å². The fraction of sp³-hybridized carbons (Fsp3) is 0.538. The minimum Gasteiger partial charge on any atom is -0.363 e. The average molecular weight is 252 g/mol. The first kappa shape index (κ1) is 12.8. The molecule has 0 amide bonds. The quantitative estimate of drug-likeness (QED) is 0.611. The average Bonchev–Trinajstić information content (AvgIpc) is 2.38. The summed E-state index contributed by atoms with van der Waals surface area (Å²) >= 11 is 0. The van der Waals surface area contributed by atoms with Crippen LogP contribution in [0.2, 0.25) is 0 Å². The molecule has 0 bridgehead atoms. The second-order valence-corrected chi connectivity index (χ2v) is 4.64. The molecule has 0 aromatic heterocycles. The number of hydrogen-bond donors (Lipinski definition) is 0. The lowest BCUT2D eigenvalue weighted by Gasteiger charge is -2.36. The second-order valence-electron chi connectivity index (χ2n) is 4.64. The fourth-order valence-corrected chi connectivity index (χ4v) is 2.63. The molecule has 1 saturated heterocycles. The molecule has 1 aliphatic heterocycles. The first-order valence-corrected chi connectivity index (χ1v) is 6.34. The van der Waals surface area contributed by atoms with Gasteiger partial charge in [-0.25, -0.2) is 4.39 Å². The van der Waals surface area contributed by atoms with E-state index in [4.69, 9.17) is 0 Å². The predicted octanol–water partition coefficient (Wildman–Crippen LogP) is 3.50. The van der Waals surface area contributed by atoms with E-state index in [0.29, 0.717) is 11.7 Å². The third-order valence-corrected chi connectivity index (χ3v) is 3.54. The lowest BCUT2D eigenvalue weighted by molar-refractivity contribution is -0.384. The van der Waals surface area contributed by atoms with Gasteiger partial charge in [0.1, 0.15) is 11.5 Å². The third-order valence-electron chi connectivity index (χ3n) is 3.54. The van der Waals surface area contributed by atoms with Gasteiger partial charge in [0.15, 0.2) is 0 Å². The first-order chi connectivity index (χ1) is 8.63. The minimum absolute atomic E-state index is 0.129. The number of benzene rings is 1. The summed E-state index contributed by atoms with van der Waals surface area (Å²) in [5, 5.41) is 11.0. The Labute approximate surface area is 106 Å². The van der Waals surface area contributed by atoms with Crippen LogP contribution in [0.5, 0.6) is 0 Å². The smallest absolute Gasteiger partial charge is 0.295 e. The van der Waals surface area contributed by atoms with Crippen molar-refractivity contribution in [1.82, 2.24) is 0 Å². The molecule has 1 fully saturated rings. The first-order valence-electron chi connectivity index (χ1n) is 6.34. The van der Waals surface area contributed by atoms with Gasteiger partial charge in [0.05, 0.1) is 11.0 Å². The minimum atomic E-state index is -0.560. The second kappa shape index (κ2) is 5.33. The van der Waals surface area contributed by atoms with Crippen molar-refractivity contribution >= 4 is 11.4 Å². The number of hydrogen-bond acceptors (Lipinski definition) is 3. The van der Waals surface area contributed by atoms with Crippen LogP contribution in [0.1, 0.15) is 32.6 Å². The Morgan fingerprint density at radius 2 is 2.28 bits per heavy atom. The van der Waals surface area contributed by atoms with Crippen LogP contribution in [0.3, 0.4) is 0 Å². The molecule has 1 unspecified atom stereocenters. The number of nitro benzene ring substituents is 1. The van der Waals surface area contributed by atoms with Gasteiger partial charge in [-0.15, -0.1) is 0 Å². The molecule has 18 heavy (non-hydrogen) atoms. The zero-order chi connectivity index (χ0) is 13.1. The number of rotatable bonds is 3. The Morgan fingerprint density at radius 3 is 2.94 bits per heavy atom. The molecule has 2 rings (SSSR count). The van der Waals surface area contributed by atoms with Crippen molar-refractivity contribution in [2.45, 2.75) is 38.6 Å². The van der Waals surface area contributed by atoms with Gasteiger partial charge >= 0.3 is 0 Å². The molecule has 0 radical (unpaired) electrons. The Hall–Kier alpha value is -1.65. The maximum atomic E-state index is 13.1. The summed E-state index contributed by atoms with van der Waals surface area (Å²) in [6.07, 6.45) is 4.19. The van der Waals surface area contributed by atoms with Gasteiger partial charge in [-0.3, -0.25) is 10.1 Å². The largest absolute Gasteiger partial charge is 0.363 e. The zero-order valence-electron chi connectivity index (χ0n) is 10.4. The van der Waals surface area contributed by atoms with Crippen LogP contribution < -0.4 is 4.90 Å². The number of piperidine rings is 1. The van der Waals surface area contributed by atoms with E-state index in [9.17, 15) is 14.5 Å². The summed E-state index contributed by atoms with van der Waals surface area (Å²) in [5.41, 5.74) is 0.420. The summed E-state index contributed by atoms with van der Waals surface area (Å²) in [6.45, 7) is 2.89. The molecule has 1 aromatic carbocycles. The van der Waals surface area contributed by atoms with Crippen LogP contribution in [0, 0.1) is 15.9 Å². The summed E-state index contributed by atoms with van der Waals surface area (Å²) in [5.74, 6) is -0.560. The number of nitrogens with zero attached hydrogens (tertiary/aromatic N) is 2. The molecule has 98 valence electrons. The van der Waals surface area contributed by atoms with E-state index in [1.54, 1.807) is 0 Å². The van der Waals surface area contributed by atoms with E-state index in [1.165, 1.54) is 12.1 Å². The van der Waals surface area contributed by atoms with Gasteiger partial charge in [0, 0.05) is 12.6 Å². The van der Waals surface area contributed by atoms with Crippen molar-refractivity contribution in [3.8, 4) is 0 Å². The fourth-order valence-electron chi connectivity index (χ4n) is 2.63. The molecule has 4 nitrogen and oxygen atoms in total. The van der Waals surface area contributed by atoms with Crippen molar-refractivity contribution in [1.29, 1.82) is 0 Å². The summed E-state index contributed by atoms with van der Waals surface area (Å²) in [4.78, 5) is 12.6. The molecule has 0 saturated carbocycles. The molecular weight excluding hydrogens is 235 g/mol. The van der Waals surface area contributed by atoms with E-state index in [1.807, 2.05) is 0 Å². The standard InChI is InChI=1S/C13H17FN2O2/c1-2-11-5-3-4-8-15(11)12-7-6-10(14)9-13(12)16(17)18/h6-7,9,11H,2-5,8H2,1H3. The molecular formula is C13H17FN2O2. The van der Waals surface area contributed by atoms with E-state index >= 15 is 0 Å². The van der Waals surface area contributed by atoms with Crippen LogP contribution >= 0.6 is 0 Å². The van der Waals surface area contributed by atoms with Crippen LogP contribution in [0.25, 0.3) is 0 Å². The van der Waals surface area contributed by atoms with Gasteiger partial charge in [-0.1, -0.05) is 6.92 Å². The highest BCUT2D eigenvalue weighted by atomic mass is 19.1. The van der Waals surface area contributed by atoms with E-state index in [0.717, 1.165) is 38.3 Å². The van der Waals surface area contributed by atoms with Crippen molar-refractivity contribution in [3.05, 3.63) is 34.1 Å². The molecule has 0 N–H and O–H groups in total. The van der Waals surface area contributed by atoms with Gasteiger partial charge in [0.25, 0.3) is 5.69 Å². The molecule has 1 heterocycles. The SMILES string of the molecule is CCC1CCCCN1c1ccc(F)cc1[N+](=O)[O-]. The van der Waals surface area contributed by atoms with Crippen LogP contribution in [0.4, 0.5) is 15.8 Å². The van der Waals surface area contributed by atoms with Gasteiger partial charge in [-0.05, 0) is 37.8 Å². The highest BCUT2D eigenvalue weighted by Crippen LogP contribution is 2.34. The lowest BCUT2D eigenvalue weighted by Crippen LogP contribution is -2.39. The van der Waals surface area contributed by atoms with Crippen molar-refractivity contribution in [2.75, 3.05) is 11.4 Å². The van der Waals surface area contributed by atoms with Crippen molar-refractivity contribution in [3.63, 3.8) is 0 Å². The summed E-state index contributed by atoms with van der Waals surface area (Å²) in [6, 6.07) is 4.16. The van der Waals surface area contributed by atoms with E-state index in [2.05, 4.69) is 11.8 Å². The Balaban J connectivity index is 2.39. The Morgan fingerprint density at radius 1 is 1.50 bits per heavy atom. The van der Waals surface area contributed by atoms with Crippen LogP contribution in [-0.2, 0) is 0 Å². The molecule has 5 heteroatoms. The number of nitro groups is 1. The third kappa shape index (κ3) is 2.44. The lowest BCUT2D eigenvalue weighted by atomic mass is 9.99. The van der Waals surface area contributed by atoms with Gasteiger partial charge < -0.3 is 4.90 Å². The molecule has 1 aromatic rings. The van der Waals surface area contributed by atoms with E-state index < -0.39 is 10.7 Å². The topological polar surface area (TPSA) is 46.4 Å². The van der Waals surface area contributed by atoms with Crippen molar-refractivity contribution < 1.29 is 9.31 Å². The number of anilines is 1. The molecule has 1 atom stereocenters. The summed E-state index contributed by atoms with van der Waals surface area (Å²) in [7, 11) is 0. The maximum absolute atomic E-state index is 13.1. The van der Waals surface area contributed by atoms with Gasteiger partial charge in [0.2, 0.25) is 0 Å². The zero-order valence-corrected chi connectivity index (χ0v) is 10.4. The van der Waals surface area contributed by atoms with Gasteiger partial charge in [-0.2, -0.15) is 0 Å². The molecule has 0 spiro atoms. The number of halogens is 1. The molecule has 1 aliphatic rings. The van der Waals surface area contributed by atoms with Crippen molar-refractivity contribution in [2.24, 2.45) is 0 Å². The monoisotopic (exact) mass is 252 g/mol. The van der Waals surface area contributed by atoms with E-state index in [-0.39, 0.29) is 5.69 Å². The predicted molar refractivity (Wildman–Crippen MR) is 68.3 cm³/mol. The highest BCUT2D eigenvalue weighted by molar-refractivity contribution is 5.64. The Kier molecular flexibility index (Phi) is 3.79. The Bertz CT molecular complexity index is 451. The van der Waals surface area contributed by atoms with Crippen LogP contribution in [-0.4, -0.2) is 17.5 Å². The summed E-state index contributed by atoms with van der Waals surface area (Å²) < 4.78 is 13.1. The molecule has 0 aliphatic carbocycles. The normalized spacial score (nSPS) is 19.9.